The number of carbonyl (C=O) groups is 1. The minimum Gasteiger partial charge on any atom is -0.373 e. The molecule has 2 unspecified atom stereocenters. The van der Waals surface area contributed by atoms with Crippen molar-refractivity contribution in [1.29, 1.82) is 0 Å². The first-order chi connectivity index (χ1) is 9.01. The van der Waals surface area contributed by atoms with Gasteiger partial charge in [0.05, 0.1) is 5.02 Å². The second-order valence-electron chi connectivity index (χ2n) is 5.43. The lowest BCUT2D eigenvalue weighted by Crippen LogP contribution is -2.43. The monoisotopic (exact) mass is 281 g/mol. The summed E-state index contributed by atoms with van der Waals surface area (Å²) < 4.78 is 0. The van der Waals surface area contributed by atoms with E-state index in [-0.39, 0.29) is 5.91 Å². The number of likely N-dealkylation sites (tertiary alicyclic amines) is 1. The molecule has 1 aromatic heterocycles. The number of piperidine rings is 1. The number of halogens is 1. The zero-order valence-corrected chi connectivity index (χ0v) is 12.4. The maximum Gasteiger partial charge on any atom is 0.274 e. The number of nitrogens with zero attached hydrogens (tertiary/aromatic N) is 2. The van der Waals surface area contributed by atoms with Crippen molar-refractivity contribution in [2.75, 3.05) is 25.5 Å². The standard InChI is InChI=1S/C14H20ClN3O/c1-9-6-10(2)8-18(7-9)14(19)13-11(15)4-5-12(16-3)17-13/h4-5,9-10H,6-8H2,1-3H3,(H,16,17). The fourth-order valence-corrected chi connectivity index (χ4v) is 2.90. The van der Waals surface area contributed by atoms with E-state index >= 15 is 0 Å². The molecule has 1 fully saturated rings. The topological polar surface area (TPSA) is 45.2 Å². The minimum absolute atomic E-state index is 0.0690. The van der Waals surface area contributed by atoms with Gasteiger partial charge in [-0.2, -0.15) is 0 Å². The Hall–Kier alpha value is -1.29. The molecule has 19 heavy (non-hydrogen) atoms. The molecule has 1 amide bonds. The van der Waals surface area contributed by atoms with Gasteiger partial charge in [0.25, 0.3) is 5.91 Å². The molecule has 0 saturated carbocycles. The molecule has 0 aromatic carbocycles. The maximum atomic E-state index is 12.5. The van der Waals surface area contributed by atoms with Gasteiger partial charge in [-0.05, 0) is 30.4 Å². The van der Waals surface area contributed by atoms with Gasteiger partial charge in [0.1, 0.15) is 11.5 Å². The molecule has 2 heterocycles. The van der Waals surface area contributed by atoms with Gasteiger partial charge in [0, 0.05) is 20.1 Å². The Kier molecular flexibility index (Phi) is 4.30. The van der Waals surface area contributed by atoms with Crippen molar-refractivity contribution in [3.8, 4) is 0 Å². The molecule has 5 heteroatoms. The van der Waals surface area contributed by atoms with Crippen molar-refractivity contribution in [3.05, 3.63) is 22.8 Å². The number of carbonyl (C=O) groups excluding carboxylic acids is 1. The van der Waals surface area contributed by atoms with E-state index in [2.05, 4.69) is 24.1 Å². The van der Waals surface area contributed by atoms with E-state index < -0.39 is 0 Å². The molecule has 1 saturated heterocycles. The van der Waals surface area contributed by atoms with Gasteiger partial charge in [-0.1, -0.05) is 25.4 Å². The van der Waals surface area contributed by atoms with Crippen molar-refractivity contribution in [3.63, 3.8) is 0 Å². The maximum absolute atomic E-state index is 12.5. The van der Waals surface area contributed by atoms with Crippen molar-refractivity contribution < 1.29 is 4.79 Å². The van der Waals surface area contributed by atoms with Gasteiger partial charge >= 0.3 is 0 Å². The molecule has 2 atom stereocenters. The predicted molar refractivity (Wildman–Crippen MR) is 77.6 cm³/mol. The van der Waals surface area contributed by atoms with Gasteiger partial charge in [-0.15, -0.1) is 0 Å². The third-order valence-corrected chi connectivity index (χ3v) is 3.77. The summed E-state index contributed by atoms with van der Waals surface area (Å²) in [5, 5.41) is 3.34. The summed E-state index contributed by atoms with van der Waals surface area (Å²) in [7, 11) is 1.77. The number of amides is 1. The summed E-state index contributed by atoms with van der Waals surface area (Å²) >= 11 is 6.10. The highest BCUT2D eigenvalue weighted by molar-refractivity contribution is 6.33. The van der Waals surface area contributed by atoms with Crippen LogP contribution in [0.3, 0.4) is 0 Å². The fraction of sp³-hybridized carbons (Fsp3) is 0.571. The Balaban J connectivity index is 2.23. The van der Waals surface area contributed by atoms with Gasteiger partial charge in [0.15, 0.2) is 0 Å². The van der Waals surface area contributed by atoms with Crippen LogP contribution in [0.2, 0.25) is 5.02 Å². The lowest BCUT2D eigenvalue weighted by molar-refractivity contribution is 0.0617. The van der Waals surface area contributed by atoms with E-state index in [1.54, 1.807) is 19.2 Å². The van der Waals surface area contributed by atoms with Crippen molar-refractivity contribution in [1.82, 2.24) is 9.88 Å². The van der Waals surface area contributed by atoms with Gasteiger partial charge < -0.3 is 10.2 Å². The highest BCUT2D eigenvalue weighted by atomic mass is 35.5. The Morgan fingerprint density at radius 1 is 1.37 bits per heavy atom. The van der Waals surface area contributed by atoms with Crippen molar-refractivity contribution in [2.45, 2.75) is 20.3 Å². The number of anilines is 1. The number of pyridine rings is 1. The largest absolute Gasteiger partial charge is 0.373 e. The fourth-order valence-electron chi connectivity index (χ4n) is 2.71. The van der Waals surface area contributed by atoms with Crippen molar-refractivity contribution in [2.24, 2.45) is 11.8 Å². The molecule has 1 aromatic rings. The lowest BCUT2D eigenvalue weighted by atomic mass is 9.92. The second kappa shape index (κ2) is 5.78. The highest BCUT2D eigenvalue weighted by Gasteiger charge is 2.28. The quantitative estimate of drug-likeness (QED) is 0.907. The summed E-state index contributed by atoms with van der Waals surface area (Å²) in [5.74, 6) is 1.64. The summed E-state index contributed by atoms with van der Waals surface area (Å²) in [4.78, 5) is 18.7. The minimum atomic E-state index is -0.0690. The van der Waals surface area contributed by atoms with Crippen molar-refractivity contribution >= 4 is 23.3 Å². The van der Waals surface area contributed by atoms with E-state index in [0.29, 0.717) is 28.4 Å². The summed E-state index contributed by atoms with van der Waals surface area (Å²) in [5.41, 5.74) is 0.342. The number of hydrogen-bond acceptors (Lipinski definition) is 3. The molecule has 0 radical (unpaired) electrons. The van der Waals surface area contributed by atoms with Crippen LogP contribution in [0.4, 0.5) is 5.82 Å². The molecule has 1 aliphatic rings. The van der Waals surface area contributed by atoms with Crippen LogP contribution in [0, 0.1) is 11.8 Å². The summed E-state index contributed by atoms with van der Waals surface area (Å²) in [6.45, 7) is 5.92. The first-order valence-electron chi connectivity index (χ1n) is 6.64. The SMILES string of the molecule is CNc1ccc(Cl)c(C(=O)N2CC(C)CC(C)C2)n1. The first kappa shape index (κ1) is 14.1. The van der Waals surface area contributed by atoms with E-state index in [0.717, 1.165) is 13.1 Å². The van der Waals surface area contributed by atoms with E-state index in [4.69, 9.17) is 11.6 Å². The smallest absolute Gasteiger partial charge is 0.274 e. The molecule has 2 rings (SSSR count). The molecule has 104 valence electrons. The Morgan fingerprint density at radius 3 is 2.58 bits per heavy atom. The molecular weight excluding hydrogens is 262 g/mol. The highest BCUT2D eigenvalue weighted by Crippen LogP contribution is 2.24. The predicted octanol–water partition coefficient (Wildman–Crippen LogP) is 2.89. The molecule has 1 aliphatic heterocycles. The molecule has 0 spiro atoms. The lowest BCUT2D eigenvalue weighted by Gasteiger charge is -2.34. The number of nitrogens with one attached hydrogen (secondary N) is 1. The Morgan fingerprint density at radius 2 is 2.00 bits per heavy atom. The summed E-state index contributed by atoms with van der Waals surface area (Å²) in [6.07, 6.45) is 1.17. The van der Waals surface area contributed by atoms with Gasteiger partial charge in [-0.3, -0.25) is 4.79 Å². The third-order valence-electron chi connectivity index (χ3n) is 3.46. The molecule has 0 aliphatic carbocycles. The number of rotatable bonds is 2. The zero-order valence-electron chi connectivity index (χ0n) is 11.6. The second-order valence-corrected chi connectivity index (χ2v) is 5.84. The van der Waals surface area contributed by atoms with E-state index in [9.17, 15) is 4.79 Å². The first-order valence-corrected chi connectivity index (χ1v) is 7.02. The van der Waals surface area contributed by atoms with Gasteiger partial charge in [-0.25, -0.2) is 4.98 Å². The van der Waals surface area contributed by atoms with Crippen LogP contribution in [0.25, 0.3) is 0 Å². The van der Waals surface area contributed by atoms with Crippen LogP contribution in [0.1, 0.15) is 30.8 Å². The number of hydrogen-bond donors (Lipinski definition) is 1. The van der Waals surface area contributed by atoms with E-state index in [1.807, 2.05) is 4.90 Å². The average Bonchev–Trinajstić information content (AvgIpc) is 2.37. The third kappa shape index (κ3) is 3.18. The molecule has 1 N–H and O–H groups in total. The van der Waals surface area contributed by atoms with Crippen LogP contribution in [0.15, 0.2) is 12.1 Å². The Bertz CT molecular complexity index is 468. The van der Waals surface area contributed by atoms with E-state index in [1.165, 1.54) is 6.42 Å². The van der Waals surface area contributed by atoms with Gasteiger partial charge in [0.2, 0.25) is 0 Å². The Labute approximate surface area is 119 Å². The molecule has 4 nitrogen and oxygen atoms in total. The normalized spacial score (nSPS) is 23.3. The zero-order chi connectivity index (χ0) is 14.0. The number of aromatic nitrogens is 1. The van der Waals surface area contributed by atoms with Crippen LogP contribution >= 0.6 is 11.6 Å². The average molecular weight is 282 g/mol. The van der Waals surface area contributed by atoms with Crippen LogP contribution in [-0.2, 0) is 0 Å². The molecule has 0 bridgehead atoms. The molecular formula is C14H20ClN3O. The van der Waals surface area contributed by atoms with Crippen LogP contribution < -0.4 is 5.32 Å². The van der Waals surface area contributed by atoms with Crippen LogP contribution in [0.5, 0.6) is 0 Å². The summed E-state index contributed by atoms with van der Waals surface area (Å²) in [6, 6.07) is 3.48. The van der Waals surface area contributed by atoms with Crippen LogP contribution in [-0.4, -0.2) is 35.9 Å².